The lowest BCUT2D eigenvalue weighted by Gasteiger charge is -2.09. The summed E-state index contributed by atoms with van der Waals surface area (Å²) in [6.45, 7) is 5.61. The fourth-order valence-corrected chi connectivity index (χ4v) is 2.62. The molecule has 0 saturated heterocycles. The van der Waals surface area contributed by atoms with Crippen molar-refractivity contribution in [2.45, 2.75) is 39.7 Å². The summed E-state index contributed by atoms with van der Waals surface area (Å²) in [4.78, 5) is 24.2. The molecule has 6 heteroatoms. The third-order valence-corrected chi connectivity index (χ3v) is 4.32. The van der Waals surface area contributed by atoms with Crippen LogP contribution in [0.2, 0.25) is 0 Å². The molecule has 6 nitrogen and oxygen atoms in total. The molecule has 0 saturated carbocycles. The van der Waals surface area contributed by atoms with Gasteiger partial charge in [-0.15, -0.1) is 10.2 Å². The van der Waals surface area contributed by atoms with E-state index in [-0.39, 0.29) is 24.5 Å². The Morgan fingerprint density at radius 1 is 0.929 bits per heavy atom. The van der Waals surface area contributed by atoms with Crippen LogP contribution in [0.15, 0.2) is 52.9 Å². The molecule has 0 radical (unpaired) electrons. The van der Waals surface area contributed by atoms with Gasteiger partial charge in [-0.05, 0) is 32.9 Å². The summed E-state index contributed by atoms with van der Waals surface area (Å²) in [5.41, 5.74) is 3.60. The molecule has 0 N–H and O–H groups in total. The van der Waals surface area contributed by atoms with Gasteiger partial charge in [-0.2, -0.15) is 0 Å². The molecule has 3 aromatic rings. The van der Waals surface area contributed by atoms with E-state index in [1.54, 1.807) is 19.1 Å². The zero-order chi connectivity index (χ0) is 20.1. The van der Waals surface area contributed by atoms with Crippen LogP contribution in [0.4, 0.5) is 0 Å². The maximum atomic E-state index is 12.2. The fraction of sp³-hybridized carbons (Fsp3) is 0.273. The number of benzene rings is 2. The Kier molecular flexibility index (Phi) is 5.99. The van der Waals surface area contributed by atoms with Gasteiger partial charge >= 0.3 is 5.97 Å². The summed E-state index contributed by atoms with van der Waals surface area (Å²) < 4.78 is 10.9. The quantitative estimate of drug-likeness (QED) is 0.441. The Hall–Kier alpha value is -3.28. The van der Waals surface area contributed by atoms with Gasteiger partial charge in [-0.3, -0.25) is 9.59 Å². The van der Waals surface area contributed by atoms with Gasteiger partial charge in [0.2, 0.25) is 5.89 Å². The van der Waals surface area contributed by atoms with E-state index in [1.165, 1.54) is 0 Å². The first-order valence-corrected chi connectivity index (χ1v) is 9.12. The highest BCUT2D eigenvalue weighted by Crippen LogP contribution is 2.23. The van der Waals surface area contributed by atoms with E-state index < -0.39 is 12.1 Å². The Labute approximate surface area is 163 Å². The third kappa shape index (κ3) is 4.91. The van der Waals surface area contributed by atoms with Crippen LogP contribution in [-0.4, -0.2) is 21.9 Å². The van der Waals surface area contributed by atoms with Crippen LogP contribution in [0.5, 0.6) is 0 Å². The van der Waals surface area contributed by atoms with Crippen molar-refractivity contribution >= 4 is 11.8 Å². The maximum absolute atomic E-state index is 12.2. The number of esters is 1. The van der Waals surface area contributed by atoms with E-state index in [9.17, 15) is 9.59 Å². The lowest BCUT2D eigenvalue weighted by atomic mass is 10.1. The van der Waals surface area contributed by atoms with Gasteiger partial charge in [0.15, 0.2) is 11.9 Å². The fourth-order valence-electron chi connectivity index (χ4n) is 2.62. The van der Waals surface area contributed by atoms with Gasteiger partial charge in [0, 0.05) is 17.5 Å². The molecule has 0 bridgehead atoms. The number of aromatic nitrogens is 2. The number of ketones is 1. The molecule has 0 amide bonds. The van der Waals surface area contributed by atoms with Crippen molar-refractivity contribution in [1.29, 1.82) is 0 Å². The molecule has 28 heavy (non-hydrogen) atoms. The van der Waals surface area contributed by atoms with Crippen LogP contribution in [0.1, 0.15) is 53.2 Å². The standard InChI is InChI=1S/C22H22N2O4/c1-14-4-8-17(9-5-14)19(25)12-13-20(26)27-16(3)21-23-24-22(28-21)18-10-6-15(2)7-11-18/h4-11,16H,12-13H2,1-3H3/t16-/m0/s1. The van der Waals surface area contributed by atoms with Gasteiger partial charge in [-0.25, -0.2) is 0 Å². The molecule has 2 aromatic carbocycles. The Bertz CT molecular complexity index is 959. The minimum absolute atomic E-state index is 0.00396. The van der Waals surface area contributed by atoms with Gasteiger partial charge < -0.3 is 9.15 Å². The van der Waals surface area contributed by atoms with Crippen LogP contribution >= 0.6 is 0 Å². The zero-order valence-corrected chi connectivity index (χ0v) is 16.1. The second-order valence-corrected chi connectivity index (χ2v) is 6.73. The lowest BCUT2D eigenvalue weighted by molar-refractivity contribution is -0.149. The molecule has 0 spiro atoms. The predicted octanol–water partition coefficient (Wildman–Crippen LogP) is 4.62. The highest BCUT2D eigenvalue weighted by molar-refractivity contribution is 5.97. The lowest BCUT2D eigenvalue weighted by Crippen LogP contribution is -2.11. The van der Waals surface area contributed by atoms with Crippen LogP contribution in [0.25, 0.3) is 11.5 Å². The maximum Gasteiger partial charge on any atom is 0.307 e. The van der Waals surface area contributed by atoms with Crippen molar-refractivity contribution in [1.82, 2.24) is 10.2 Å². The van der Waals surface area contributed by atoms with E-state index in [0.29, 0.717) is 11.5 Å². The number of rotatable bonds is 7. The molecule has 0 aliphatic carbocycles. The minimum Gasteiger partial charge on any atom is -0.453 e. The van der Waals surface area contributed by atoms with Crippen molar-refractivity contribution < 1.29 is 18.7 Å². The number of carbonyl (C=O) groups excluding carboxylic acids is 2. The Morgan fingerprint density at radius 2 is 1.54 bits per heavy atom. The van der Waals surface area contributed by atoms with E-state index in [0.717, 1.165) is 16.7 Å². The molecular formula is C22H22N2O4. The molecule has 1 aromatic heterocycles. The Balaban J connectivity index is 1.53. The second kappa shape index (κ2) is 8.61. The number of nitrogens with zero attached hydrogens (tertiary/aromatic N) is 2. The van der Waals surface area contributed by atoms with Crippen LogP contribution in [-0.2, 0) is 9.53 Å². The summed E-state index contributed by atoms with van der Waals surface area (Å²) in [5.74, 6) is 0.00771. The van der Waals surface area contributed by atoms with E-state index in [1.807, 2.05) is 50.2 Å². The first kappa shape index (κ1) is 19.5. The number of hydrogen-bond donors (Lipinski definition) is 0. The van der Waals surface area contributed by atoms with E-state index >= 15 is 0 Å². The normalized spacial score (nSPS) is 11.8. The number of Topliss-reactive ketones (excluding diaryl/α,β-unsaturated/α-hetero) is 1. The molecule has 0 unspecified atom stereocenters. The van der Waals surface area contributed by atoms with Gasteiger partial charge in [0.25, 0.3) is 5.89 Å². The SMILES string of the molecule is Cc1ccc(C(=O)CCC(=O)O[C@@H](C)c2nnc(-c3ccc(C)cc3)o2)cc1. The first-order valence-electron chi connectivity index (χ1n) is 9.12. The molecule has 1 atom stereocenters. The van der Waals surface area contributed by atoms with Crippen molar-refractivity contribution in [3.63, 3.8) is 0 Å². The predicted molar refractivity (Wildman–Crippen MR) is 104 cm³/mol. The average Bonchev–Trinajstić information content (AvgIpc) is 3.17. The molecule has 1 heterocycles. The summed E-state index contributed by atoms with van der Waals surface area (Å²) in [5, 5.41) is 7.96. The van der Waals surface area contributed by atoms with Crippen LogP contribution in [0.3, 0.4) is 0 Å². The number of hydrogen-bond acceptors (Lipinski definition) is 6. The first-order chi connectivity index (χ1) is 13.4. The molecule has 0 fully saturated rings. The van der Waals surface area contributed by atoms with Gasteiger partial charge in [-0.1, -0.05) is 47.5 Å². The van der Waals surface area contributed by atoms with Gasteiger partial charge in [0.05, 0.1) is 6.42 Å². The molecule has 0 aliphatic heterocycles. The summed E-state index contributed by atoms with van der Waals surface area (Å²) in [6, 6.07) is 14.9. The molecule has 0 aliphatic rings. The summed E-state index contributed by atoms with van der Waals surface area (Å²) in [7, 11) is 0. The topological polar surface area (TPSA) is 82.3 Å². The van der Waals surface area contributed by atoms with Crippen molar-refractivity contribution in [2.75, 3.05) is 0 Å². The summed E-state index contributed by atoms with van der Waals surface area (Å²) in [6.07, 6.45) is -0.600. The number of carbonyl (C=O) groups is 2. The van der Waals surface area contributed by atoms with Crippen molar-refractivity contribution in [2.24, 2.45) is 0 Å². The molecule has 3 rings (SSSR count). The largest absolute Gasteiger partial charge is 0.453 e. The molecule has 144 valence electrons. The molecular weight excluding hydrogens is 356 g/mol. The zero-order valence-electron chi connectivity index (χ0n) is 16.1. The average molecular weight is 378 g/mol. The second-order valence-electron chi connectivity index (χ2n) is 6.73. The van der Waals surface area contributed by atoms with Gasteiger partial charge in [0.1, 0.15) is 0 Å². The van der Waals surface area contributed by atoms with Crippen LogP contribution < -0.4 is 0 Å². The monoisotopic (exact) mass is 378 g/mol. The third-order valence-electron chi connectivity index (χ3n) is 4.32. The highest BCUT2D eigenvalue weighted by Gasteiger charge is 2.19. The Morgan fingerprint density at radius 3 is 2.18 bits per heavy atom. The van der Waals surface area contributed by atoms with Crippen molar-refractivity contribution in [3.05, 3.63) is 71.1 Å². The smallest absolute Gasteiger partial charge is 0.307 e. The van der Waals surface area contributed by atoms with E-state index in [4.69, 9.17) is 9.15 Å². The van der Waals surface area contributed by atoms with Crippen LogP contribution in [0, 0.1) is 13.8 Å². The van der Waals surface area contributed by atoms with E-state index in [2.05, 4.69) is 10.2 Å². The highest BCUT2D eigenvalue weighted by atomic mass is 16.6. The number of ether oxygens (including phenoxy) is 1. The van der Waals surface area contributed by atoms with Crippen molar-refractivity contribution in [3.8, 4) is 11.5 Å². The minimum atomic E-state index is -0.686. The summed E-state index contributed by atoms with van der Waals surface area (Å²) >= 11 is 0. The number of aryl methyl sites for hydroxylation is 2.